The van der Waals surface area contributed by atoms with E-state index in [9.17, 15) is 0 Å². The highest BCUT2D eigenvalue weighted by atomic mass is 35.5. The Labute approximate surface area is 136 Å². The highest BCUT2D eigenvalue weighted by molar-refractivity contribution is 6.32. The van der Waals surface area contributed by atoms with Gasteiger partial charge in [-0.2, -0.15) is 0 Å². The van der Waals surface area contributed by atoms with Crippen LogP contribution < -0.4 is 9.47 Å². The molecule has 0 heterocycles. The molecule has 0 atom stereocenters. The maximum absolute atomic E-state index is 6.23. The first kappa shape index (κ1) is 16.4. The van der Waals surface area contributed by atoms with Gasteiger partial charge in [0.15, 0.2) is 11.5 Å². The fourth-order valence-corrected chi connectivity index (χ4v) is 2.39. The average molecular weight is 318 g/mol. The molecular weight excluding hydrogens is 298 g/mol. The highest BCUT2D eigenvalue weighted by Crippen LogP contribution is 2.36. The minimum absolute atomic E-state index is 0.510. The average Bonchev–Trinajstić information content (AvgIpc) is 2.53. The quantitative estimate of drug-likeness (QED) is 0.697. The molecule has 0 aliphatic rings. The van der Waals surface area contributed by atoms with Gasteiger partial charge >= 0.3 is 0 Å². The Kier molecular flexibility index (Phi) is 5.84. The fraction of sp³-hybridized carbons (Fsp3) is 0.278. The molecule has 0 aliphatic carbocycles. The molecule has 0 aromatic heterocycles. The van der Waals surface area contributed by atoms with Crippen molar-refractivity contribution < 1.29 is 9.47 Å². The molecule has 0 unspecified atom stereocenters. The Morgan fingerprint density at radius 1 is 1.14 bits per heavy atom. The van der Waals surface area contributed by atoms with Crippen molar-refractivity contribution in [1.29, 1.82) is 0 Å². The van der Waals surface area contributed by atoms with Crippen LogP contribution in [0.1, 0.15) is 25.0 Å². The van der Waals surface area contributed by atoms with Crippen LogP contribution in [-0.4, -0.2) is 19.9 Å². The second kappa shape index (κ2) is 7.85. The Morgan fingerprint density at radius 2 is 1.86 bits per heavy atom. The van der Waals surface area contributed by atoms with Gasteiger partial charge in [-0.1, -0.05) is 30.7 Å². The highest BCUT2D eigenvalue weighted by Gasteiger charge is 2.10. The number of nitrogens with zero attached hydrogens (tertiary/aromatic N) is 1. The Bertz CT molecular complexity index is 651. The second-order valence-corrected chi connectivity index (χ2v) is 5.15. The van der Waals surface area contributed by atoms with E-state index in [4.69, 9.17) is 21.1 Å². The van der Waals surface area contributed by atoms with Crippen molar-refractivity contribution in [3.8, 4) is 11.5 Å². The monoisotopic (exact) mass is 317 g/mol. The van der Waals surface area contributed by atoms with E-state index in [2.05, 4.69) is 24.0 Å². The van der Waals surface area contributed by atoms with Crippen molar-refractivity contribution in [2.45, 2.75) is 20.3 Å². The third-order valence-electron chi connectivity index (χ3n) is 3.24. The van der Waals surface area contributed by atoms with Crippen molar-refractivity contribution >= 4 is 23.5 Å². The van der Waals surface area contributed by atoms with Gasteiger partial charge in [-0.05, 0) is 48.7 Å². The number of aryl methyl sites for hydroxylation is 1. The molecule has 2 rings (SSSR count). The summed E-state index contributed by atoms with van der Waals surface area (Å²) >= 11 is 6.23. The van der Waals surface area contributed by atoms with E-state index in [1.807, 2.05) is 31.2 Å². The lowest BCUT2D eigenvalue weighted by atomic mass is 10.1. The maximum atomic E-state index is 6.23. The van der Waals surface area contributed by atoms with Crippen LogP contribution in [0.25, 0.3) is 0 Å². The largest absolute Gasteiger partial charge is 0.491 e. The van der Waals surface area contributed by atoms with Crippen molar-refractivity contribution in [2.75, 3.05) is 13.7 Å². The zero-order chi connectivity index (χ0) is 15.9. The Balaban J connectivity index is 2.26. The number of aliphatic imine (C=N–C) groups is 1. The van der Waals surface area contributed by atoms with E-state index < -0.39 is 0 Å². The van der Waals surface area contributed by atoms with Crippen LogP contribution in [0, 0.1) is 0 Å². The van der Waals surface area contributed by atoms with E-state index in [0.717, 1.165) is 17.7 Å². The van der Waals surface area contributed by atoms with Crippen molar-refractivity contribution in [1.82, 2.24) is 0 Å². The molecule has 0 spiro atoms. The van der Waals surface area contributed by atoms with E-state index in [1.165, 1.54) is 5.56 Å². The molecule has 0 saturated heterocycles. The van der Waals surface area contributed by atoms with Crippen molar-refractivity contribution in [2.24, 2.45) is 4.99 Å². The minimum atomic E-state index is 0.510. The molecular formula is C18H20ClNO2. The summed E-state index contributed by atoms with van der Waals surface area (Å²) in [6.07, 6.45) is 2.80. The van der Waals surface area contributed by atoms with Crippen LogP contribution in [-0.2, 0) is 6.42 Å². The molecule has 2 aromatic carbocycles. The molecule has 22 heavy (non-hydrogen) atoms. The van der Waals surface area contributed by atoms with Gasteiger partial charge in [-0.3, -0.25) is 4.99 Å². The fourth-order valence-electron chi connectivity index (χ4n) is 2.09. The first-order chi connectivity index (χ1) is 10.7. The summed E-state index contributed by atoms with van der Waals surface area (Å²) in [7, 11) is 1.58. The summed E-state index contributed by atoms with van der Waals surface area (Å²) in [6.45, 7) is 4.60. The topological polar surface area (TPSA) is 30.8 Å². The summed E-state index contributed by atoms with van der Waals surface area (Å²) in [5.74, 6) is 1.17. The van der Waals surface area contributed by atoms with Gasteiger partial charge in [-0.15, -0.1) is 0 Å². The minimum Gasteiger partial charge on any atom is -0.491 e. The van der Waals surface area contributed by atoms with Gasteiger partial charge in [0, 0.05) is 6.21 Å². The molecule has 0 aliphatic heterocycles. The number of halogens is 1. The van der Waals surface area contributed by atoms with E-state index in [0.29, 0.717) is 23.1 Å². The third-order valence-corrected chi connectivity index (χ3v) is 3.52. The van der Waals surface area contributed by atoms with Gasteiger partial charge in [-0.25, -0.2) is 0 Å². The molecule has 0 bridgehead atoms. The van der Waals surface area contributed by atoms with Gasteiger partial charge < -0.3 is 9.47 Å². The van der Waals surface area contributed by atoms with Crippen molar-refractivity contribution in [3.63, 3.8) is 0 Å². The number of benzene rings is 2. The van der Waals surface area contributed by atoms with Crippen LogP contribution in [0.15, 0.2) is 41.4 Å². The molecule has 0 amide bonds. The third kappa shape index (κ3) is 4.01. The normalized spacial score (nSPS) is 10.9. The van der Waals surface area contributed by atoms with Crippen LogP contribution in [0.4, 0.5) is 5.69 Å². The van der Waals surface area contributed by atoms with E-state index in [1.54, 1.807) is 13.3 Å². The summed E-state index contributed by atoms with van der Waals surface area (Å²) in [4.78, 5) is 4.47. The molecule has 4 heteroatoms. The van der Waals surface area contributed by atoms with Gasteiger partial charge in [0.25, 0.3) is 0 Å². The van der Waals surface area contributed by atoms with Crippen molar-refractivity contribution in [3.05, 3.63) is 52.5 Å². The van der Waals surface area contributed by atoms with E-state index >= 15 is 0 Å². The van der Waals surface area contributed by atoms with Crippen LogP contribution in [0.3, 0.4) is 0 Å². The lowest BCUT2D eigenvalue weighted by Crippen LogP contribution is -1.97. The molecule has 3 nitrogen and oxygen atoms in total. The second-order valence-electron chi connectivity index (χ2n) is 4.75. The molecule has 0 saturated carbocycles. The van der Waals surface area contributed by atoms with Gasteiger partial charge in [0.1, 0.15) is 0 Å². The number of methoxy groups -OCH3 is 1. The predicted molar refractivity (Wildman–Crippen MR) is 92.2 cm³/mol. The first-order valence-corrected chi connectivity index (χ1v) is 7.69. The van der Waals surface area contributed by atoms with Crippen LogP contribution in [0.5, 0.6) is 11.5 Å². The standard InChI is InChI=1S/C18H20ClNO2/c1-4-13-6-8-15(9-7-13)20-12-14-10-16(19)18(21-3)17(11-14)22-5-2/h6-12H,4-5H2,1-3H3. The molecule has 2 aromatic rings. The SMILES string of the molecule is CCOc1cc(C=Nc2ccc(CC)cc2)cc(Cl)c1OC. The zero-order valence-electron chi connectivity index (χ0n) is 13.1. The maximum Gasteiger partial charge on any atom is 0.179 e. The first-order valence-electron chi connectivity index (χ1n) is 7.31. The number of hydrogen-bond acceptors (Lipinski definition) is 3. The van der Waals surface area contributed by atoms with Gasteiger partial charge in [0.2, 0.25) is 0 Å². The smallest absolute Gasteiger partial charge is 0.179 e. The summed E-state index contributed by atoms with van der Waals surface area (Å²) in [5, 5.41) is 0.510. The molecule has 0 radical (unpaired) electrons. The molecule has 0 N–H and O–H groups in total. The predicted octanol–water partition coefficient (Wildman–Crippen LogP) is 5.06. The van der Waals surface area contributed by atoms with Crippen LogP contribution >= 0.6 is 11.6 Å². The summed E-state index contributed by atoms with van der Waals surface area (Å²) in [5.41, 5.74) is 3.07. The Hall–Kier alpha value is -2.00. The number of ether oxygens (including phenoxy) is 2. The summed E-state index contributed by atoms with van der Waals surface area (Å²) in [6, 6.07) is 11.9. The zero-order valence-corrected chi connectivity index (χ0v) is 13.9. The Morgan fingerprint density at radius 3 is 2.45 bits per heavy atom. The lowest BCUT2D eigenvalue weighted by molar-refractivity contribution is 0.311. The molecule has 116 valence electrons. The molecule has 0 fully saturated rings. The van der Waals surface area contributed by atoms with Crippen LogP contribution in [0.2, 0.25) is 5.02 Å². The number of hydrogen-bond donors (Lipinski definition) is 0. The summed E-state index contributed by atoms with van der Waals surface area (Å²) < 4.78 is 10.8. The van der Waals surface area contributed by atoms with Gasteiger partial charge in [0.05, 0.1) is 24.4 Å². The lowest BCUT2D eigenvalue weighted by Gasteiger charge is -2.11. The van der Waals surface area contributed by atoms with E-state index in [-0.39, 0.29) is 0 Å². The number of rotatable bonds is 6.